The molecule has 6 heteroatoms. The summed E-state index contributed by atoms with van der Waals surface area (Å²) in [6.07, 6.45) is 0. The summed E-state index contributed by atoms with van der Waals surface area (Å²) < 4.78 is 28.7. The van der Waals surface area contributed by atoms with Gasteiger partial charge in [0.05, 0.1) is 0 Å². The maximum absolute atomic E-state index is 11.5. The molecule has 0 bridgehead atoms. The molecule has 0 amide bonds. The van der Waals surface area contributed by atoms with Crippen molar-refractivity contribution in [3.8, 4) is 0 Å². The van der Waals surface area contributed by atoms with E-state index in [1.54, 1.807) is 38.1 Å². The highest BCUT2D eigenvalue weighted by Gasteiger charge is 2.10. The number of hydrogen-bond acceptors (Lipinski definition) is 2. The molecule has 4 nitrogen and oxygen atoms in total. The fourth-order valence-corrected chi connectivity index (χ4v) is 2.40. The first-order valence-corrected chi connectivity index (χ1v) is 6.72. The van der Waals surface area contributed by atoms with Gasteiger partial charge in [0.1, 0.15) is 0 Å². The molecule has 0 aliphatic heterocycles. The zero-order valence-corrected chi connectivity index (χ0v) is 10.9. The molecule has 15 heavy (non-hydrogen) atoms. The van der Waals surface area contributed by atoms with E-state index in [9.17, 15) is 8.42 Å². The summed E-state index contributed by atoms with van der Waals surface area (Å²) in [5.41, 5.74) is 0.534. The molecule has 0 heterocycles. The molecular formula is C9H13BrN2O2S. The van der Waals surface area contributed by atoms with Crippen molar-refractivity contribution in [3.05, 3.63) is 28.7 Å². The molecule has 1 aromatic carbocycles. The van der Waals surface area contributed by atoms with E-state index >= 15 is 0 Å². The highest BCUT2D eigenvalue weighted by molar-refractivity contribution is 9.10. The van der Waals surface area contributed by atoms with Crippen LogP contribution < -0.4 is 9.44 Å². The van der Waals surface area contributed by atoms with Gasteiger partial charge in [0.15, 0.2) is 0 Å². The Bertz CT molecular complexity index is 414. The molecule has 1 rings (SSSR count). The minimum atomic E-state index is -3.46. The van der Waals surface area contributed by atoms with E-state index in [4.69, 9.17) is 0 Å². The lowest BCUT2D eigenvalue weighted by Crippen LogP contribution is -2.35. The second-order valence-corrected chi connectivity index (χ2v) is 5.75. The fraction of sp³-hybridized carbons (Fsp3) is 0.333. The van der Waals surface area contributed by atoms with Crippen LogP contribution in [0.15, 0.2) is 28.7 Å². The van der Waals surface area contributed by atoms with Crippen molar-refractivity contribution in [1.29, 1.82) is 0 Å². The van der Waals surface area contributed by atoms with Crippen LogP contribution in [0.5, 0.6) is 0 Å². The van der Waals surface area contributed by atoms with E-state index in [1.165, 1.54) is 0 Å². The Balaban J connectivity index is 2.73. The first-order valence-electron chi connectivity index (χ1n) is 4.45. The summed E-state index contributed by atoms with van der Waals surface area (Å²) in [6.45, 7) is 3.53. The van der Waals surface area contributed by atoms with Crippen LogP contribution in [-0.4, -0.2) is 14.5 Å². The molecule has 2 N–H and O–H groups in total. The average molecular weight is 293 g/mol. The van der Waals surface area contributed by atoms with Crippen molar-refractivity contribution >= 4 is 31.8 Å². The molecular weight excluding hydrogens is 280 g/mol. The van der Waals surface area contributed by atoms with Crippen LogP contribution in [0.2, 0.25) is 0 Å². The van der Waals surface area contributed by atoms with E-state index in [1.807, 2.05) is 0 Å². The third kappa shape index (κ3) is 4.63. The zero-order valence-electron chi connectivity index (χ0n) is 8.49. The summed E-state index contributed by atoms with van der Waals surface area (Å²) in [6, 6.07) is 6.78. The first-order chi connectivity index (χ1) is 6.89. The number of rotatable bonds is 4. The molecule has 0 fully saturated rings. The van der Waals surface area contributed by atoms with E-state index in [0.717, 1.165) is 4.47 Å². The lowest BCUT2D eigenvalue weighted by Gasteiger charge is -2.11. The van der Waals surface area contributed by atoms with Crippen molar-refractivity contribution in [3.63, 3.8) is 0 Å². The molecule has 0 saturated heterocycles. The Morgan fingerprint density at radius 2 is 1.73 bits per heavy atom. The number of halogens is 1. The highest BCUT2D eigenvalue weighted by Crippen LogP contribution is 2.14. The van der Waals surface area contributed by atoms with Crippen molar-refractivity contribution in [2.75, 3.05) is 4.72 Å². The minimum Gasteiger partial charge on any atom is -0.271 e. The molecule has 0 saturated carbocycles. The molecule has 0 aromatic heterocycles. The zero-order chi connectivity index (χ0) is 11.5. The van der Waals surface area contributed by atoms with Gasteiger partial charge in [-0.05, 0) is 38.1 Å². The molecule has 0 radical (unpaired) electrons. The van der Waals surface area contributed by atoms with Crippen LogP contribution in [0.3, 0.4) is 0 Å². The fourth-order valence-electron chi connectivity index (χ4n) is 1.01. The van der Waals surface area contributed by atoms with Gasteiger partial charge >= 0.3 is 0 Å². The predicted molar refractivity (Wildman–Crippen MR) is 65.0 cm³/mol. The van der Waals surface area contributed by atoms with Gasteiger partial charge in [-0.15, -0.1) is 0 Å². The summed E-state index contributed by atoms with van der Waals surface area (Å²) in [5, 5.41) is 0. The molecule has 0 unspecified atom stereocenters. The number of anilines is 1. The maximum atomic E-state index is 11.5. The summed E-state index contributed by atoms with van der Waals surface area (Å²) >= 11 is 3.27. The van der Waals surface area contributed by atoms with Gasteiger partial charge in [0.25, 0.3) is 10.2 Å². The second-order valence-electron chi connectivity index (χ2n) is 3.38. The Morgan fingerprint density at radius 1 is 1.20 bits per heavy atom. The van der Waals surface area contributed by atoms with Crippen molar-refractivity contribution in [1.82, 2.24) is 4.72 Å². The SMILES string of the molecule is CC(C)NS(=O)(=O)Nc1ccc(Br)cc1. The van der Waals surface area contributed by atoms with Crippen molar-refractivity contribution in [2.24, 2.45) is 0 Å². The third-order valence-electron chi connectivity index (χ3n) is 1.49. The van der Waals surface area contributed by atoms with Gasteiger partial charge < -0.3 is 0 Å². The Labute approximate surface area is 98.4 Å². The topological polar surface area (TPSA) is 58.2 Å². The highest BCUT2D eigenvalue weighted by atomic mass is 79.9. The summed E-state index contributed by atoms with van der Waals surface area (Å²) in [5.74, 6) is 0. The number of hydrogen-bond donors (Lipinski definition) is 2. The Kier molecular flexibility index (Phi) is 4.12. The van der Waals surface area contributed by atoms with Crippen LogP contribution in [-0.2, 0) is 10.2 Å². The molecule has 1 aromatic rings. The van der Waals surface area contributed by atoms with E-state index in [0.29, 0.717) is 5.69 Å². The van der Waals surface area contributed by atoms with Gasteiger partial charge in [-0.25, -0.2) is 0 Å². The molecule has 84 valence electrons. The van der Waals surface area contributed by atoms with Crippen LogP contribution in [0.25, 0.3) is 0 Å². The Morgan fingerprint density at radius 3 is 2.20 bits per heavy atom. The summed E-state index contributed by atoms with van der Waals surface area (Å²) in [7, 11) is -3.46. The monoisotopic (exact) mass is 292 g/mol. The van der Waals surface area contributed by atoms with E-state index in [-0.39, 0.29) is 6.04 Å². The number of nitrogens with one attached hydrogen (secondary N) is 2. The summed E-state index contributed by atoms with van der Waals surface area (Å²) in [4.78, 5) is 0. The molecule has 0 aliphatic carbocycles. The van der Waals surface area contributed by atoms with E-state index in [2.05, 4.69) is 25.4 Å². The predicted octanol–water partition coefficient (Wildman–Crippen LogP) is 2.10. The van der Waals surface area contributed by atoms with Crippen LogP contribution in [0.1, 0.15) is 13.8 Å². The number of benzene rings is 1. The van der Waals surface area contributed by atoms with Crippen molar-refractivity contribution in [2.45, 2.75) is 19.9 Å². The second kappa shape index (κ2) is 4.96. The third-order valence-corrected chi connectivity index (χ3v) is 3.30. The van der Waals surface area contributed by atoms with Crippen molar-refractivity contribution < 1.29 is 8.42 Å². The van der Waals surface area contributed by atoms with Crippen LogP contribution in [0.4, 0.5) is 5.69 Å². The van der Waals surface area contributed by atoms with Gasteiger partial charge in [-0.3, -0.25) is 4.72 Å². The van der Waals surface area contributed by atoms with Gasteiger partial charge in [0, 0.05) is 16.2 Å². The quantitative estimate of drug-likeness (QED) is 0.893. The molecule has 0 spiro atoms. The van der Waals surface area contributed by atoms with Gasteiger partial charge in [-0.1, -0.05) is 15.9 Å². The Hall–Kier alpha value is -0.590. The normalized spacial score (nSPS) is 11.7. The minimum absolute atomic E-state index is 0.127. The van der Waals surface area contributed by atoms with Gasteiger partial charge in [-0.2, -0.15) is 13.1 Å². The largest absolute Gasteiger partial charge is 0.299 e. The molecule has 0 atom stereocenters. The van der Waals surface area contributed by atoms with Crippen LogP contribution in [0, 0.1) is 0 Å². The molecule has 0 aliphatic rings. The van der Waals surface area contributed by atoms with Crippen LogP contribution >= 0.6 is 15.9 Å². The lowest BCUT2D eigenvalue weighted by atomic mass is 10.3. The lowest BCUT2D eigenvalue weighted by molar-refractivity contribution is 0.575. The first kappa shape index (κ1) is 12.5. The van der Waals surface area contributed by atoms with E-state index < -0.39 is 10.2 Å². The van der Waals surface area contributed by atoms with Gasteiger partial charge in [0.2, 0.25) is 0 Å². The maximum Gasteiger partial charge on any atom is 0.299 e. The standard InChI is InChI=1S/C9H13BrN2O2S/c1-7(2)11-15(13,14)12-9-5-3-8(10)4-6-9/h3-7,11-12H,1-2H3. The smallest absolute Gasteiger partial charge is 0.271 e. The average Bonchev–Trinajstić information content (AvgIpc) is 2.06.